The first-order valence-electron chi connectivity index (χ1n) is 9.01. The van der Waals surface area contributed by atoms with Gasteiger partial charge in [0.05, 0.1) is 29.6 Å². The largest absolute Gasteiger partial charge is 0.360 e. The number of para-hydroxylation sites is 1. The van der Waals surface area contributed by atoms with Gasteiger partial charge in [-0.1, -0.05) is 59.1 Å². The van der Waals surface area contributed by atoms with E-state index in [1.807, 2.05) is 24.3 Å². The minimum atomic E-state index is -0.326. The Hall–Kier alpha value is -2.80. The average Bonchev–Trinajstić information content (AvgIpc) is 3.27. The Morgan fingerprint density at radius 1 is 1.17 bits per heavy atom. The number of nitrogens with zero attached hydrogens (tertiary/aromatic N) is 3. The molecule has 0 unspecified atom stereocenters. The highest BCUT2D eigenvalue weighted by Gasteiger charge is 2.15. The smallest absolute Gasteiger partial charge is 0.273 e. The molecule has 4 aromatic rings. The van der Waals surface area contributed by atoms with E-state index < -0.39 is 0 Å². The Balaban J connectivity index is 1.52. The summed E-state index contributed by atoms with van der Waals surface area (Å²) < 4.78 is 1.59. The van der Waals surface area contributed by atoms with Gasteiger partial charge in [-0.3, -0.25) is 4.79 Å². The van der Waals surface area contributed by atoms with Gasteiger partial charge in [-0.15, -0.1) is 0 Å². The molecule has 0 spiro atoms. The normalized spacial score (nSPS) is 11.5. The number of aryl methyl sites for hydroxylation is 1. The quantitative estimate of drug-likeness (QED) is 0.307. The molecular weight excluding hydrogens is 445 g/mol. The van der Waals surface area contributed by atoms with Crippen LogP contribution in [0.5, 0.6) is 0 Å². The predicted octanol–water partition coefficient (Wildman–Crippen LogP) is 5.45. The lowest BCUT2D eigenvalue weighted by Gasteiger charge is -2.08. The maximum atomic E-state index is 12.5. The van der Waals surface area contributed by atoms with E-state index in [1.54, 1.807) is 36.0 Å². The van der Waals surface area contributed by atoms with Crippen LogP contribution in [0.25, 0.3) is 10.9 Å². The lowest BCUT2D eigenvalue weighted by Crippen LogP contribution is -2.17. The van der Waals surface area contributed by atoms with Gasteiger partial charge in [-0.2, -0.15) is 10.2 Å². The average molecular weight is 461 g/mol. The van der Waals surface area contributed by atoms with E-state index in [1.165, 1.54) is 6.21 Å². The molecule has 0 aliphatic heterocycles. The number of amides is 1. The monoisotopic (exact) mass is 459 g/mol. The van der Waals surface area contributed by atoms with Crippen LogP contribution in [-0.2, 0) is 6.54 Å². The number of benzene rings is 2. The van der Waals surface area contributed by atoms with Crippen molar-refractivity contribution in [1.29, 1.82) is 0 Å². The molecule has 1 amide bonds. The molecule has 2 aromatic carbocycles. The van der Waals surface area contributed by atoms with Crippen LogP contribution in [0.2, 0.25) is 15.2 Å². The molecule has 0 bridgehead atoms. The first-order chi connectivity index (χ1) is 14.5. The molecule has 2 heterocycles. The molecule has 0 saturated heterocycles. The second-order valence-electron chi connectivity index (χ2n) is 6.59. The van der Waals surface area contributed by atoms with Gasteiger partial charge in [-0.05, 0) is 25.1 Å². The minimum Gasteiger partial charge on any atom is -0.360 e. The van der Waals surface area contributed by atoms with Crippen molar-refractivity contribution in [3.63, 3.8) is 0 Å². The number of carbonyl (C=O) groups is 1. The highest BCUT2D eigenvalue weighted by molar-refractivity contribution is 6.36. The summed E-state index contributed by atoms with van der Waals surface area (Å²) in [6, 6.07) is 12.8. The molecule has 4 rings (SSSR count). The highest BCUT2D eigenvalue weighted by atomic mass is 35.5. The third kappa shape index (κ3) is 3.94. The van der Waals surface area contributed by atoms with E-state index >= 15 is 0 Å². The fourth-order valence-corrected chi connectivity index (χ4v) is 3.93. The van der Waals surface area contributed by atoms with Gasteiger partial charge in [0.25, 0.3) is 5.91 Å². The number of hydrogen-bond donors (Lipinski definition) is 2. The molecule has 9 heteroatoms. The Kier molecular flexibility index (Phi) is 5.81. The first kappa shape index (κ1) is 20.5. The zero-order valence-electron chi connectivity index (χ0n) is 15.8. The fourth-order valence-electron chi connectivity index (χ4n) is 3.13. The fraction of sp³-hybridized carbons (Fsp3) is 0.0952. The number of aromatic amines is 1. The Labute approximate surface area is 187 Å². The maximum Gasteiger partial charge on any atom is 0.273 e. The lowest BCUT2D eigenvalue weighted by molar-refractivity contribution is 0.0957. The van der Waals surface area contributed by atoms with Crippen LogP contribution in [0.15, 0.2) is 53.8 Å². The van der Waals surface area contributed by atoms with Gasteiger partial charge in [0.2, 0.25) is 0 Å². The summed E-state index contributed by atoms with van der Waals surface area (Å²) in [4.78, 5) is 15.5. The van der Waals surface area contributed by atoms with E-state index in [9.17, 15) is 4.79 Å². The third-order valence-electron chi connectivity index (χ3n) is 4.67. The van der Waals surface area contributed by atoms with E-state index in [0.29, 0.717) is 38.6 Å². The minimum absolute atomic E-state index is 0.313. The van der Waals surface area contributed by atoms with Gasteiger partial charge < -0.3 is 4.98 Å². The Bertz CT molecular complexity index is 1250. The topological polar surface area (TPSA) is 75.1 Å². The van der Waals surface area contributed by atoms with Crippen LogP contribution >= 0.6 is 34.8 Å². The number of nitrogens with one attached hydrogen (secondary N) is 2. The molecule has 0 fully saturated rings. The number of carbonyl (C=O) groups excluding carboxylic acids is 1. The summed E-state index contributed by atoms with van der Waals surface area (Å²) in [5.41, 5.74) is 5.90. The SMILES string of the molecule is Cc1nn(Cc2c(Cl)cccc2Cl)c(Cl)c1/C=N/NC(=O)c1c[nH]c2ccccc12. The summed E-state index contributed by atoms with van der Waals surface area (Å²) in [6.45, 7) is 2.12. The number of hydrogen-bond acceptors (Lipinski definition) is 3. The third-order valence-corrected chi connectivity index (χ3v) is 5.78. The van der Waals surface area contributed by atoms with Crippen LogP contribution in [0.4, 0.5) is 0 Å². The van der Waals surface area contributed by atoms with E-state index in [-0.39, 0.29) is 5.91 Å². The van der Waals surface area contributed by atoms with Crippen LogP contribution in [0.3, 0.4) is 0 Å². The van der Waals surface area contributed by atoms with Crippen molar-refractivity contribution in [1.82, 2.24) is 20.2 Å². The summed E-state index contributed by atoms with van der Waals surface area (Å²) in [5.74, 6) is -0.326. The van der Waals surface area contributed by atoms with Crippen LogP contribution in [0, 0.1) is 6.92 Å². The van der Waals surface area contributed by atoms with Gasteiger partial charge in [0.15, 0.2) is 0 Å². The van der Waals surface area contributed by atoms with Crippen molar-refractivity contribution in [2.75, 3.05) is 0 Å². The molecule has 0 saturated carbocycles. The lowest BCUT2D eigenvalue weighted by atomic mass is 10.2. The van der Waals surface area contributed by atoms with Crippen molar-refractivity contribution < 1.29 is 4.79 Å². The highest BCUT2D eigenvalue weighted by Crippen LogP contribution is 2.27. The summed E-state index contributed by atoms with van der Waals surface area (Å²) in [7, 11) is 0. The van der Waals surface area contributed by atoms with Crippen molar-refractivity contribution >= 4 is 57.8 Å². The standard InChI is InChI=1S/C21H16Cl3N5O/c1-12-14(20(24)29(28-12)11-16-17(22)6-4-7-18(16)23)10-26-27-21(30)15-9-25-19-8-3-2-5-13(15)19/h2-10,25H,11H2,1H3,(H,27,30)/b26-10+. The second-order valence-corrected chi connectivity index (χ2v) is 7.77. The van der Waals surface area contributed by atoms with E-state index in [0.717, 1.165) is 16.5 Å². The molecule has 6 nitrogen and oxygen atoms in total. The van der Waals surface area contributed by atoms with Crippen molar-refractivity contribution in [2.45, 2.75) is 13.5 Å². The number of hydrazone groups is 1. The van der Waals surface area contributed by atoms with Gasteiger partial charge in [0.1, 0.15) is 5.15 Å². The van der Waals surface area contributed by atoms with Crippen LogP contribution in [0.1, 0.15) is 27.2 Å². The maximum absolute atomic E-state index is 12.5. The molecular formula is C21H16Cl3N5O. The van der Waals surface area contributed by atoms with Gasteiger partial charge in [0, 0.05) is 32.7 Å². The summed E-state index contributed by atoms with van der Waals surface area (Å²) >= 11 is 19.0. The van der Waals surface area contributed by atoms with Crippen LogP contribution < -0.4 is 5.43 Å². The molecule has 2 N–H and O–H groups in total. The molecule has 0 atom stereocenters. The molecule has 2 aromatic heterocycles. The number of H-pyrrole nitrogens is 1. The number of fused-ring (bicyclic) bond motifs is 1. The molecule has 152 valence electrons. The Morgan fingerprint density at radius 2 is 1.90 bits per heavy atom. The van der Waals surface area contributed by atoms with Crippen molar-refractivity contribution in [3.05, 3.63) is 86.2 Å². The van der Waals surface area contributed by atoms with E-state index in [2.05, 4.69) is 20.6 Å². The molecule has 30 heavy (non-hydrogen) atoms. The zero-order valence-corrected chi connectivity index (χ0v) is 18.1. The first-order valence-corrected chi connectivity index (χ1v) is 10.1. The number of rotatable bonds is 5. The van der Waals surface area contributed by atoms with Crippen molar-refractivity contribution in [3.8, 4) is 0 Å². The zero-order chi connectivity index (χ0) is 21.3. The van der Waals surface area contributed by atoms with Crippen LogP contribution in [-0.4, -0.2) is 26.9 Å². The molecule has 0 aliphatic carbocycles. The number of aromatic nitrogens is 3. The molecule has 0 aliphatic rings. The van der Waals surface area contributed by atoms with Gasteiger partial charge >= 0.3 is 0 Å². The van der Waals surface area contributed by atoms with Gasteiger partial charge in [-0.25, -0.2) is 10.1 Å². The summed E-state index contributed by atoms with van der Waals surface area (Å²) in [6.07, 6.45) is 3.13. The van der Waals surface area contributed by atoms with Crippen molar-refractivity contribution in [2.24, 2.45) is 5.10 Å². The second kappa shape index (κ2) is 8.52. The number of halogens is 3. The Morgan fingerprint density at radius 3 is 2.67 bits per heavy atom. The van der Waals surface area contributed by atoms with E-state index in [4.69, 9.17) is 34.8 Å². The predicted molar refractivity (Wildman–Crippen MR) is 121 cm³/mol. The summed E-state index contributed by atoms with van der Waals surface area (Å²) in [5, 5.41) is 10.8. The molecule has 0 radical (unpaired) electrons.